The van der Waals surface area contributed by atoms with Crippen LogP contribution in [0.25, 0.3) is 10.7 Å². The number of carbonyl (C=O) groups is 1. The van der Waals surface area contributed by atoms with Crippen molar-refractivity contribution in [2.24, 2.45) is 0 Å². The highest BCUT2D eigenvalue weighted by Gasteiger charge is 2.31. The van der Waals surface area contributed by atoms with Crippen molar-refractivity contribution in [2.45, 2.75) is 18.4 Å². The Morgan fingerprint density at radius 3 is 3.00 bits per heavy atom. The molecule has 2 aromatic rings. The summed E-state index contributed by atoms with van der Waals surface area (Å²) in [5.41, 5.74) is 0.402. The number of nitrogens with zero attached hydrogens (tertiary/aromatic N) is 3. The van der Waals surface area contributed by atoms with Crippen LogP contribution in [-0.2, 0) is 0 Å². The Kier molecular flexibility index (Phi) is 4.60. The molecule has 3 rings (SSSR count). The van der Waals surface area contributed by atoms with Gasteiger partial charge in [-0.3, -0.25) is 5.10 Å². The summed E-state index contributed by atoms with van der Waals surface area (Å²) < 4.78 is 0. The normalized spacial score (nSPS) is 17.8. The number of aliphatic hydroxyl groups is 1. The zero-order valence-corrected chi connectivity index (χ0v) is 13.7. The summed E-state index contributed by atoms with van der Waals surface area (Å²) in [7, 11) is 2.03. The summed E-state index contributed by atoms with van der Waals surface area (Å²) in [6.45, 7) is 1.89. The van der Waals surface area contributed by atoms with Crippen LogP contribution in [0.3, 0.4) is 0 Å². The molecule has 3 heterocycles. The molecule has 0 bridgehead atoms. The van der Waals surface area contributed by atoms with Crippen LogP contribution in [-0.4, -0.2) is 63.5 Å². The van der Waals surface area contributed by atoms with E-state index < -0.39 is 5.60 Å². The quantitative estimate of drug-likeness (QED) is 0.669. The van der Waals surface area contributed by atoms with E-state index in [-0.39, 0.29) is 12.6 Å². The lowest BCUT2D eigenvalue weighted by atomic mass is 9.92. The van der Waals surface area contributed by atoms with Crippen molar-refractivity contribution >= 4 is 23.1 Å². The molecule has 0 aliphatic carbocycles. The molecule has 9 heteroatoms. The maximum absolute atomic E-state index is 12.1. The first-order valence-electron chi connectivity index (χ1n) is 7.45. The Balaban J connectivity index is 1.55. The summed E-state index contributed by atoms with van der Waals surface area (Å²) in [4.78, 5) is 18.4. The Labute approximate surface area is 137 Å². The fourth-order valence-electron chi connectivity index (χ4n) is 2.51. The molecular formula is C14H20N6O2S. The predicted octanol–water partition coefficient (Wildman–Crippen LogP) is 1.11. The number of carbonyl (C=O) groups excluding carboxylic acids is 1. The minimum absolute atomic E-state index is 0.233. The molecule has 1 saturated heterocycles. The molecule has 1 aliphatic rings. The SMILES string of the molecule is CN1CCC(O)(CNC(=O)Nc2cn[nH]c2-c2nccs2)CC1. The van der Waals surface area contributed by atoms with Gasteiger partial charge in [0.15, 0.2) is 0 Å². The monoisotopic (exact) mass is 336 g/mol. The standard InChI is InChI=1S/C14H20N6O2S/c1-20-5-2-14(22,3-6-20)9-16-13(21)18-10-8-17-19-11(10)12-15-4-7-23-12/h4,7-8,22H,2-3,5-6,9H2,1H3,(H,17,19)(H2,16,18,21). The Hall–Kier alpha value is -1.97. The molecule has 8 nitrogen and oxygen atoms in total. The number of urea groups is 1. The fourth-order valence-corrected chi connectivity index (χ4v) is 3.16. The number of anilines is 1. The van der Waals surface area contributed by atoms with E-state index in [0.29, 0.717) is 24.2 Å². The number of hydrogen-bond donors (Lipinski definition) is 4. The number of nitrogens with one attached hydrogen (secondary N) is 3. The van der Waals surface area contributed by atoms with Crippen LogP contribution in [0.15, 0.2) is 17.8 Å². The molecule has 0 atom stereocenters. The van der Waals surface area contributed by atoms with Gasteiger partial charge in [-0.15, -0.1) is 11.3 Å². The van der Waals surface area contributed by atoms with Crippen molar-refractivity contribution in [1.82, 2.24) is 25.4 Å². The molecule has 4 N–H and O–H groups in total. The topological polar surface area (TPSA) is 106 Å². The van der Waals surface area contributed by atoms with Gasteiger partial charge in [-0.1, -0.05) is 0 Å². The second-order valence-electron chi connectivity index (χ2n) is 5.83. The lowest BCUT2D eigenvalue weighted by molar-refractivity contribution is -0.0120. The molecule has 0 aromatic carbocycles. The van der Waals surface area contributed by atoms with Gasteiger partial charge in [0, 0.05) is 31.2 Å². The number of hydrogen-bond acceptors (Lipinski definition) is 6. The molecule has 1 aliphatic heterocycles. The molecule has 0 radical (unpaired) electrons. The van der Waals surface area contributed by atoms with E-state index in [2.05, 4.69) is 30.7 Å². The largest absolute Gasteiger partial charge is 0.388 e. The number of piperidine rings is 1. The number of aromatic nitrogens is 3. The van der Waals surface area contributed by atoms with Crippen LogP contribution in [0.4, 0.5) is 10.5 Å². The lowest BCUT2D eigenvalue weighted by Gasteiger charge is -2.36. The van der Waals surface area contributed by atoms with E-state index in [1.54, 1.807) is 12.4 Å². The zero-order valence-electron chi connectivity index (χ0n) is 12.9. The van der Waals surface area contributed by atoms with E-state index in [1.807, 2.05) is 12.4 Å². The van der Waals surface area contributed by atoms with Gasteiger partial charge in [0.1, 0.15) is 10.7 Å². The van der Waals surface area contributed by atoms with Gasteiger partial charge in [0.2, 0.25) is 0 Å². The highest BCUT2D eigenvalue weighted by molar-refractivity contribution is 7.13. The number of aromatic amines is 1. The van der Waals surface area contributed by atoms with Gasteiger partial charge in [-0.25, -0.2) is 9.78 Å². The van der Waals surface area contributed by atoms with Crippen molar-refractivity contribution in [3.05, 3.63) is 17.8 Å². The third-order valence-electron chi connectivity index (χ3n) is 4.03. The first-order chi connectivity index (χ1) is 11.1. The number of amides is 2. The molecule has 0 unspecified atom stereocenters. The lowest BCUT2D eigenvalue weighted by Crippen LogP contribution is -2.50. The molecule has 1 fully saturated rings. The molecule has 23 heavy (non-hydrogen) atoms. The van der Waals surface area contributed by atoms with Crippen LogP contribution in [0.2, 0.25) is 0 Å². The molecule has 0 spiro atoms. The molecular weight excluding hydrogens is 316 g/mol. The van der Waals surface area contributed by atoms with E-state index in [9.17, 15) is 9.90 Å². The Morgan fingerprint density at radius 1 is 1.52 bits per heavy atom. The second-order valence-corrected chi connectivity index (χ2v) is 6.73. The van der Waals surface area contributed by atoms with E-state index >= 15 is 0 Å². The minimum Gasteiger partial charge on any atom is -0.388 e. The average molecular weight is 336 g/mol. The Morgan fingerprint density at radius 2 is 2.30 bits per heavy atom. The van der Waals surface area contributed by atoms with Crippen LogP contribution in [0.5, 0.6) is 0 Å². The summed E-state index contributed by atoms with van der Waals surface area (Å²) in [5, 5.41) is 25.4. The number of H-pyrrole nitrogens is 1. The minimum atomic E-state index is -0.835. The third kappa shape index (κ3) is 3.87. The van der Waals surface area contributed by atoms with Gasteiger partial charge in [-0.05, 0) is 19.9 Å². The highest BCUT2D eigenvalue weighted by Crippen LogP contribution is 2.26. The van der Waals surface area contributed by atoms with Crippen LogP contribution in [0, 0.1) is 0 Å². The van der Waals surface area contributed by atoms with Crippen molar-refractivity contribution < 1.29 is 9.90 Å². The van der Waals surface area contributed by atoms with Gasteiger partial charge >= 0.3 is 6.03 Å². The number of thiazole rings is 1. The molecule has 124 valence electrons. The zero-order chi connectivity index (χ0) is 16.3. The third-order valence-corrected chi connectivity index (χ3v) is 4.82. The maximum atomic E-state index is 12.1. The van der Waals surface area contributed by atoms with E-state index in [4.69, 9.17) is 0 Å². The summed E-state index contributed by atoms with van der Waals surface area (Å²) in [5.74, 6) is 0. The first kappa shape index (κ1) is 15.9. The summed E-state index contributed by atoms with van der Waals surface area (Å²) in [6.07, 6.45) is 4.54. The van der Waals surface area contributed by atoms with Crippen LogP contribution < -0.4 is 10.6 Å². The van der Waals surface area contributed by atoms with E-state index in [0.717, 1.165) is 18.1 Å². The first-order valence-corrected chi connectivity index (χ1v) is 8.33. The fraction of sp³-hybridized carbons (Fsp3) is 0.500. The van der Waals surface area contributed by atoms with Crippen molar-refractivity contribution in [2.75, 3.05) is 32.0 Å². The van der Waals surface area contributed by atoms with Gasteiger partial charge in [-0.2, -0.15) is 5.10 Å². The molecule has 0 saturated carbocycles. The molecule has 2 amide bonds. The second kappa shape index (κ2) is 6.65. The smallest absolute Gasteiger partial charge is 0.319 e. The summed E-state index contributed by atoms with van der Waals surface area (Å²) >= 11 is 1.46. The van der Waals surface area contributed by atoms with Crippen molar-refractivity contribution in [1.29, 1.82) is 0 Å². The summed E-state index contributed by atoms with van der Waals surface area (Å²) in [6, 6.07) is -0.364. The average Bonchev–Trinajstić information content (AvgIpc) is 3.19. The highest BCUT2D eigenvalue weighted by atomic mass is 32.1. The van der Waals surface area contributed by atoms with E-state index in [1.165, 1.54) is 11.3 Å². The van der Waals surface area contributed by atoms with Gasteiger partial charge in [0.25, 0.3) is 0 Å². The predicted molar refractivity (Wildman–Crippen MR) is 88.4 cm³/mol. The number of likely N-dealkylation sites (tertiary alicyclic amines) is 1. The maximum Gasteiger partial charge on any atom is 0.319 e. The Bertz CT molecular complexity index is 648. The van der Waals surface area contributed by atoms with Gasteiger partial charge in [0.05, 0.1) is 17.5 Å². The molecule has 2 aromatic heterocycles. The van der Waals surface area contributed by atoms with Crippen LogP contribution >= 0.6 is 11.3 Å². The van der Waals surface area contributed by atoms with Crippen molar-refractivity contribution in [3.8, 4) is 10.7 Å². The van der Waals surface area contributed by atoms with Gasteiger partial charge < -0.3 is 20.6 Å². The van der Waals surface area contributed by atoms with Crippen molar-refractivity contribution in [3.63, 3.8) is 0 Å². The number of rotatable bonds is 4. The van der Waals surface area contributed by atoms with Crippen LogP contribution in [0.1, 0.15) is 12.8 Å².